The van der Waals surface area contributed by atoms with E-state index in [4.69, 9.17) is 11.6 Å². The maximum atomic E-state index is 11.4. The average molecular weight is 273 g/mol. The summed E-state index contributed by atoms with van der Waals surface area (Å²) < 4.78 is 31.4. The van der Waals surface area contributed by atoms with E-state index in [0.717, 1.165) is 0 Å². The van der Waals surface area contributed by atoms with Gasteiger partial charge in [-0.05, 0) is 27.2 Å². The van der Waals surface area contributed by atoms with Crippen molar-refractivity contribution in [3.63, 3.8) is 0 Å². The van der Waals surface area contributed by atoms with Gasteiger partial charge in [0, 0.05) is 11.4 Å². The van der Waals surface area contributed by atoms with Gasteiger partial charge in [0.25, 0.3) is 0 Å². The summed E-state index contributed by atoms with van der Waals surface area (Å²) in [5.74, 6) is 0.314. The van der Waals surface area contributed by atoms with Crippen molar-refractivity contribution < 1.29 is 17.9 Å². The van der Waals surface area contributed by atoms with Crippen LogP contribution in [0.4, 0.5) is 4.79 Å². The summed E-state index contributed by atoms with van der Waals surface area (Å²) in [6, 6.07) is 0. The minimum absolute atomic E-state index is 0.104. The van der Waals surface area contributed by atoms with Crippen LogP contribution >= 0.6 is 11.6 Å². The zero-order chi connectivity index (χ0) is 12.8. The molecule has 6 nitrogen and oxygen atoms in total. The number of ether oxygens (including phenoxy) is 1. The number of carbonyl (C=O) groups excluding carboxylic acids is 1. The molecular formula is C8H17ClN2O4S. The number of hydrogen-bond donors (Lipinski definition) is 2. The first-order valence-corrected chi connectivity index (χ1v) is 6.78. The van der Waals surface area contributed by atoms with E-state index in [9.17, 15) is 13.2 Å². The molecule has 16 heavy (non-hydrogen) atoms. The van der Waals surface area contributed by atoms with Crippen LogP contribution in [0.15, 0.2) is 0 Å². The van der Waals surface area contributed by atoms with Crippen LogP contribution in [0.2, 0.25) is 0 Å². The predicted octanol–water partition coefficient (Wildman–Crippen LogP) is 0.974. The summed E-state index contributed by atoms with van der Waals surface area (Å²) in [6.07, 6.45) is -0.560. The fourth-order valence-electron chi connectivity index (χ4n) is 0.947. The molecule has 8 heteroatoms. The van der Waals surface area contributed by atoms with Crippen molar-refractivity contribution in [3.8, 4) is 0 Å². The summed E-state index contributed by atoms with van der Waals surface area (Å²) in [7, 11) is -3.92. The predicted molar refractivity (Wildman–Crippen MR) is 61.6 cm³/mol. The highest BCUT2D eigenvalue weighted by Gasteiger charge is 2.25. The van der Waals surface area contributed by atoms with Crippen molar-refractivity contribution in [2.24, 2.45) is 0 Å². The third-order valence-corrected chi connectivity index (χ3v) is 3.07. The number of nitrogens with one attached hydrogen (secondary N) is 2. The van der Waals surface area contributed by atoms with Crippen molar-refractivity contribution >= 4 is 27.9 Å². The summed E-state index contributed by atoms with van der Waals surface area (Å²) in [5, 5.41) is 0. The molecule has 0 aromatic rings. The largest absolute Gasteiger partial charge is 0.449 e. The van der Waals surface area contributed by atoms with Crippen LogP contribution in [0, 0.1) is 0 Å². The molecule has 0 heterocycles. The van der Waals surface area contributed by atoms with E-state index in [0.29, 0.717) is 12.3 Å². The lowest BCUT2D eigenvalue weighted by Gasteiger charge is -2.24. The van der Waals surface area contributed by atoms with Gasteiger partial charge in [-0.3, -0.25) is 0 Å². The lowest BCUT2D eigenvalue weighted by molar-refractivity contribution is 0.158. The first-order valence-electron chi connectivity index (χ1n) is 4.77. The second kappa shape index (κ2) is 6.27. The van der Waals surface area contributed by atoms with Crippen LogP contribution in [0.25, 0.3) is 0 Å². The summed E-state index contributed by atoms with van der Waals surface area (Å²) in [5.41, 5.74) is -0.722. The highest BCUT2D eigenvalue weighted by molar-refractivity contribution is 7.88. The van der Waals surface area contributed by atoms with Crippen LogP contribution in [0.1, 0.15) is 27.2 Å². The monoisotopic (exact) mass is 272 g/mol. The Hall–Kier alpha value is -0.530. The van der Waals surface area contributed by atoms with E-state index >= 15 is 0 Å². The SMILES string of the molecule is CCOC(=O)NS(=O)(=O)NC(C)(C)CCCl. The normalized spacial score (nSPS) is 12.2. The highest BCUT2D eigenvalue weighted by Crippen LogP contribution is 2.10. The van der Waals surface area contributed by atoms with Crippen LogP contribution in [-0.4, -0.2) is 32.5 Å². The zero-order valence-electron chi connectivity index (χ0n) is 9.54. The number of hydrogen-bond acceptors (Lipinski definition) is 4. The number of halogens is 1. The van der Waals surface area contributed by atoms with Gasteiger partial charge in [-0.25, -0.2) is 9.52 Å². The summed E-state index contributed by atoms with van der Waals surface area (Å²) >= 11 is 5.52. The van der Waals surface area contributed by atoms with E-state index in [2.05, 4.69) is 9.46 Å². The molecule has 0 unspecified atom stereocenters. The van der Waals surface area contributed by atoms with Gasteiger partial charge in [0.2, 0.25) is 0 Å². The van der Waals surface area contributed by atoms with Gasteiger partial charge in [0.05, 0.1) is 6.61 Å². The van der Waals surface area contributed by atoms with Gasteiger partial charge in [0.15, 0.2) is 0 Å². The molecule has 0 spiro atoms. The van der Waals surface area contributed by atoms with E-state index in [1.807, 2.05) is 0 Å². The van der Waals surface area contributed by atoms with E-state index in [1.165, 1.54) is 0 Å². The van der Waals surface area contributed by atoms with Gasteiger partial charge < -0.3 is 4.74 Å². The summed E-state index contributed by atoms with van der Waals surface area (Å²) in [6.45, 7) is 5.02. The average Bonchev–Trinajstić information content (AvgIpc) is 1.99. The minimum Gasteiger partial charge on any atom is -0.449 e. The van der Waals surface area contributed by atoms with E-state index < -0.39 is 21.8 Å². The third-order valence-electron chi connectivity index (χ3n) is 1.62. The number of alkyl halides is 1. The maximum Gasteiger partial charge on any atom is 0.421 e. The van der Waals surface area contributed by atoms with Crippen molar-refractivity contribution in [1.82, 2.24) is 9.44 Å². The molecule has 2 N–H and O–H groups in total. The molecule has 0 rings (SSSR count). The molecule has 1 amide bonds. The molecule has 0 aliphatic heterocycles. The smallest absolute Gasteiger partial charge is 0.421 e. The number of amides is 1. The lowest BCUT2D eigenvalue weighted by Crippen LogP contribution is -2.50. The molecule has 96 valence electrons. The Morgan fingerprint density at radius 1 is 1.44 bits per heavy atom. The summed E-state index contributed by atoms with van der Waals surface area (Å²) in [4.78, 5) is 10.9. The molecule has 0 aliphatic carbocycles. The standard InChI is InChI=1S/C8H17ClN2O4S/c1-4-15-7(12)10-16(13,14)11-8(2,3)5-6-9/h11H,4-6H2,1-3H3,(H,10,12). The van der Waals surface area contributed by atoms with Gasteiger partial charge in [-0.2, -0.15) is 13.1 Å². The van der Waals surface area contributed by atoms with Crippen LogP contribution in [0.3, 0.4) is 0 Å². The van der Waals surface area contributed by atoms with Crippen molar-refractivity contribution in [3.05, 3.63) is 0 Å². The fourth-order valence-corrected chi connectivity index (χ4v) is 2.58. The Morgan fingerprint density at radius 2 is 2.00 bits per heavy atom. The third kappa shape index (κ3) is 6.86. The van der Waals surface area contributed by atoms with Gasteiger partial charge in [0.1, 0.15) is 0 Å². The Kier molecular flexibility index (Phi) is 6.06. The molecule has 0 aromatic carbocycles. The molecule has 0 radical (unpaired) electrons. The second-order valence-electron chi connectivity index (χ2n) is 3.75. The first-order chi connectivity index (χ1) is 7.22. The zero-order valence-corrected chi connectivity index (χ0v) is 11.1. The van der Waals surface area contributed by atoms with Crippen molar-refractivity contribution in [2.45, 2.75) is 32.7 Å². The van der Waals surface area contributed by atoms with Gasteiger partial charge >= 0.3 is 16.3 Å². The molecule has 0 aliphatic rings. The van der Waals surface area contributed by atoms with Crippen LogP contribution in [-0.2, 0) is 14.9 Å². The molecule has 0 aromatic heterocycles. The lowest BCUT2D eigenvalue weighted by atomic mass is 10.0. The minimum atomic E-state index is -3.92. The fraction of sp³-hybridized carbons (Fsp3) is 0.875. The Labute approximate surface area is 101 Å². The van der Waals surface area contributed by atoms with Crippen molar-refractivity contribution in [1.29, 1.82) is 0 Å². The molecule has 0 atom stereocenters. The Balaban J connectivity index is 4.41. The molecule has 0 fully saturated rings. The number of carbonyl (C=O) groups is 1. The second-order valence-corrected chi connectivity index (χ2v) is 5.54. The van der Waals surface area contributed by atoms with E-state index in [-0.39, 0.29) is 6.61 Å². The van der Waals surface area contributed by atoms with Gasteiger partial charge in [-0.1, -0.05) is 0 Å². The van der Waals surface area contributed by atoms with Crippen LogP contribution in [0.5, 0.6) is 0 Å². The highest BCUT2D eigenvalue weighted by atomic mass is 35.5. The Morgan fingerprint density at radius 3 is 2.44 bits per heavy atom. The van der Waals surface area contributed by atoms with Crippen LogP contribution < -0.4 is 9.44 Å². The number of rotatable bonds is 6. The topological polar surface area (TPSA) is 84.5 Å². The van der Waals surface area contributed by atoms with Crippen molar-refractivity contribution in [2.75, 3.05) is 12.5 Å². The molecule has 0 saturated carbocycles. The van der Waals surface area contributed by atoms with E-state index in [1.54, 1.807) is 25.5 Å². The quantitative estimate of drug-likeness (QED) is 0.706. The Bertz CT molecular complexity index is 329. The van der Waals surface area contributed by atoms with Gasteiger partial charge in [-0.15, -0.1) is 11.6 Å². The first kappa shape index (κ1) is 15.5. The molecule has 0 saturated heterocycles. The molecular weight excluding hydrogens is 256 g/mol. The molecule has 0 bridgehead atoms. The maximum absolute atomic E-state index is 11.4.